The van der Waals surface area contributed by atoms with E-state index in [9.17, 15) is 4.79 Å². The van der Waals surface area contributed by atoms with Crippen LogP contribution in [0.3, 0.4) is 0 Å². The number of halogens is 1. The van der Waals surface area contributed by atoms with Crippen molar-refractivity contribution in [3.8, 4) is 11.6 Å². The van der Waals surface area contributed by atoms with E-state index in [2.05, 4.69) is 22.4 Å². The summed E-state index contributed by atoms with van der Waals surface area (Å²) in [6, 6.07) is 11.3. The topological polar surface area (TPSA) is 60.5 Å². The molecule has 0 spiro atoms. The Morgan fingerprint density at radius 3 is 2.48 bits per heavy atom. The average Bonchev–Trinajstić information content (AvgIpc) is 2.62. The van der Waals surface area contributed by atoms with E-state index in [1.807, 2.05) is 39.8 Å². The van der Waals surface area contributed by atoms with E-state index in [1.54, 1.807) is 12.1 Å². The third-order valence-corrected chi connectivity index (χ3v) is 4.17. The van der Waals surface area contributed by atoms with Crippen LogP contribution in [0.15, 0.2) is 36.4 Å². The summed E-state index contributed by atoms with van der Waals surface area (Å²) in [5.41, 5.74) is 1.38. The first-order valence-electron chi connectivity index (χ1n) is 9.24. The van der Waals surface area contributed by atoms with E-state index in [0.29, 0.717) is 17.5 Å². The molecular formula is C21H27ClN2O3. The highest BCUT2D eigenvalue weighted by Crippen LogP contribution is 2.19. The highest BCUT2D eigenvalue weighted by atomic mass is 35.5. The van der Waals surface area contributed by atoms with Crippen molar-refractivity contribution in [2.75, 3.05) is 6.61 Å². The number of rotatable bonds is 9. The zero-order valence-electron chi connectivity index (χ0n) is 16.3. The lowest BCUT2D eigenvalue weighted by atomic mass is 10.1. The van der Waals surface area contributed by atoms with Crippen molar-refractivity contribution in [1.82, 2.24) is 10.3 Å². The van der Waals surface area contributed by atoms with Crippen molar-refractivity contribution in [1.29, 1.82) is 0 Å². The fourth-order valence-electron chi connectivity index (χ4n) is 2.57. The van der Waals surface area contributed by atoms with Crippen molar-refractivity contribution in [3.63, 3.8) is 0 Å². The molecule has 0 radical (unpaired) electrons. The fourth-order valence-corrected chi connectivity index (χ4v) is 2.76. The number of carbonyl (C=O) groups excluding carboxylic acids is 1. The van der Waals surface area contributed by atoms with Gasteiger partial charge >= 0.3 is 0 Å². The van der Waals surface area contributed by atoms with Gasteiger partial charge in [0.15, 0.2) is 5.69 Å². The monoisotopic (exact) mass is 390 g/mol. The largest absolute Gasteiger partial charge is 0.491 e. The van der Waals surface area contributed by atoms with Crippen molar-refractivity contribution in [3.05, 3.63) is 52.7 Å². The molecule has 6 heteroatoms. The molecule has 146 valence electrons. The molecule has 1 aromatic carbocycles. The number of amides is 1. The maximum absolute atomic E-state index is 12.5. The minimum Gasteiger partial charge on any atom is -0.491 e. The summed E-state index contributed by atoms with van der Waals surface area (Å²) in [5.74, 6) is 0.961. The van der Waals surface area contributed by atoms with Gasteiger partial charge in [-0.25, -0.2) is 4.98 Å². The third-order valence-electron chi connectivity index (χ3n) is 3.87. The molecule has 1 atom stereocenters. The fraction of sp³-hybridized carbons (Fsp3) is 0.429. The van der Waals surface area contributed by atoms with Gasteiger partial charge in [0.2, 0.25) is 5.88 Å². The minimum absolute atomic E-state index is 0.0160. The van der Waals surface area contributed by atoms with Crippen molar-refractivity contribution in [2.45, 2.75) is 52.7 Å². The summed E-state index contributed by atoms with van der Waals surface area (Å²) in [6.45, 7) is 8.31. The lowest BCUT2D eigenvalue weighted by molar-refractivity contribution is 0.0932. The molecule has 2 aromatic rings. The van der Waals surface area contributed by atoms with Crippen molar-refractivity contribution in [2.24, 2.45) is 0 Å². The normalized spacial score (nSPS) is 11.9. The SMILES string of the molecule is CCOc1ccc(Cl)c(C(=O)NC(C)CCc2ccc(OC(C)C)cc2)n1. The Bertz CT molecular complexity index is 748. The molecule has 1 amide bonds. The van der Waals surface area contributed by atoms with Gasteiger partial charge in [-0.05, 0) is 64.3 Å². The van der Waals surface area contributed by atoms with E-state index < -0.39 is 0 Å². The molecule has 0 bridgehead atoms. The second-order valence-electron chi connectivity index (χ2n) is 6.64. The van der Waals surface area contributed by atoms with Crippen LogP contribution < -0.4 is 14.8 Å². The molecule has 0 aliphatic carbocycles. The highest BCUT2D eigenvalue weighted by Gasteiger charge is 2.16. The number of hydrogen-bond acceptors (Lipinski definition) is 4. The van der Waals surface area contributed by atoms with Crippen LogP contribution in [0, 0.1) is 0 Å². The van der Waals surface area contributed by atoms with Gasteiger partial charge < -0.3 is 14.8 Å². The molecule has 0 saturated carbocycles. The zero-order chi connectivity index (χ0) is 19.8. The third kappa shape index (κ3) is 6.75. The zero-order valence-corrected chi connectivity index (χ0v) is 17.0. The van der Waals surface area contributed by atoms with Gasteiger partial charge in [0.25, 0.3) is 5.91 Å². The predicted octanol–water partition coefficient (Wildman–Crippen LogP) is 4.67. The van der Waals surface area contributed by atoms with Crippen LogP contribution in [-0.4, -0.2) is 29.6 Å². The van der Waals surface area contributed by atoms with Crippen LogP contribution in [0.5, 0.6) is 11.6 Å². The number of ether oxygens (including phenoxy) is 2. The number of nitrogens with one attached hydrogen (secondary N) is 1. The quantitative estimate of drug-likeness (QED) is 0.675. The number of carbonyl (C=O) groups is 1. The van der Waals surface area contributed by atoms with E-state index in [4.69, 9.17) is 21.1 Å². The Labute approximate surface area is 166 Å². The standard InChI is InChI=1S/C21H27ClN2O3/c1-5-26-19-13-12-18(22)20(24-19)21(25)23-15(4)6-7-16-8-10-17(11-9-16)27-14(2)3/h8-15H,5-7H2,1-4H3,(H,23,25). The first-order valence-corrected chi connectivity index (χ1v) is 9.62. The highest BCUT2D eigenvalue weighted by molar-refractivity contribution is 6.33. The van der Waals surface area contributed by atoms with E-state index >= 15 is 0 Å². The van der Waals surface area contributed by atoms with Gasteiger partial charge in [-0.3, -0.25) is 4.79 Å². The van der Waals surface area contributed by atoms with Gasteiger partial charge in [0.05, 0.1) is 17.7 Å². The smallest absolute Gasteiger partial charge is 0.271 e. The second kappa shape index (κ2) is 10.2. The molecule has 1 aromatic heterocycles. The van der Waals surface area contributed by atoms with E-state index in [-0.39, 0.29) is 23.7 Å². The summed E-state index contributed by atoms with van der Waals surface area (Å²) >= 11 is 6.11. The summed E-state index contributed by atoms with van der Waals surface area (Å²) in [7, 11) is 0. The van der Waals surface area contributed by atoms with E-state index in [0.717, 1.165) is 18.6 Å². The molecule has 0 saturated heterocycles. The average molecular weight is 391 g/mol. The van der Waals surface area contributed by atoms with Gasteiger partial charge in [0.1, 0.15) is 5.75 Å². The Morgan fingerprint density at radius 2 is 1.85 bits per heavy atom. The predicted molar refractivity (Wildman–Crippen MR) is 108 cm³/mol. The molecular weight excluding hydrogens is 364 g/mol. The maximum Gasteiger partial charge on any atom is 0.271 e. The van der Waals surface area contributed by atoms with Crippen LogP contribution in [0.2, 0.25) is 5.02 Å². The van der Waals surface area contributed by atoms with Crippen LogP contribution in [0.25, 0.3) is 0 Å². The summed E-state index contributed by atoms with van der Waals surface area (Å²) in [4.78, 5) is 16.6. The second-order valence-corrected chi connectivity index (χ2v) is 7.04. The molecule has 1 N–H and O–H groups in total. The maximum atomic E-state index is 12.5. The molecule has 1 heterocycles. The molecule has 1 unspecified atom stereocenters. The molecule has 0 aliphatic rings. The first-order chi connectivity index (χ1) is 12.9. The summed E-state index contributed by atoms with van der Waals surface area (Å²) in [6.07, 6.45) is 1.82. The Hall–Kier alpha value is -2.27. The van der Waals surface area contributed by atoms with Gasteiger partial charge in [-0.1, -0.05) is 23.7 Å². The summed E-state index contributed by atoms with van der Waals surface area (Å²) in [5, 5.41) is 3.26. The molecule has 27 heavy (non-hydrogen) atoms. The molecule has 0 fully saturated rings. The Balaban J connectivity index is 1.89. The first kappa shape index (κ1) is 21.0. The number of aryl methyl sites for hydroxylation is 1. The van der Waals surface area contributed by atoms with Gasteiger partial charge in [0, 0.05) is 12.1 Å². The number of pyridine rings is 1. The lowest BCUT2D eigenvalue weighted by Gasteiger charge is -2.15. The van der Waals surface area contributed by atoms with Crippen molar-refractivity contribution < 1.29 is 14.3 Å². The van der Waals surface area contributed by atoms with Gasteiger partial charge in [-0.2, -0.15) is 0 Å². The molecule has 0 aliphatic heterocycles. The van der Waals surface area contributed by atoms with Gasteiger partial charge in [-0.15, -0.1) is 0 Å². The van der Waals surface area contributed by atoms with E-state index in [1.165, 1.54) is 5.56 Å². The van der Waals surface area contributed by atoms with Crippen LogP contribution in [-0.2, 0) is 6.42 Å². The Kier molecular flexibility index (Phi) is 7.92. The minimum atomic E-state index is -0.297. The van der Waals surface area contributed by atoms with Crippen LogP contribution in [0.4, 0.5) is 0 Å². The number of aromatic nitrogens is 1. The number of benzene rings is 1. The number of nitrogens with zero attached hydrogens (tertiary/aromatic N) is 1. The van der Waals surface area contributed by atoms with Crippen LogP contribution in [0.1, 0.15) is 50.2 Å². The van der Waals surface area contributed by atoms with Crippen LogP contribution >= 0.6 is 11.6 Å². The molecule has 2 rings (SSSR count). The Morgan fingerprint density at radius 1 is 1.15 bits per heavy atom. The van der Waals surface area contributed by atoms with Crippen molar-refractivity contribution >= 4 is 17.5 Å². The molecule has 5 nitrogen and oxygen atoms in total. The lowest BCUT2D eigenvalue weighted by Crippen LogP contribution is -2.33. The number of hydrogen-bond donors (Lipinski definition) is 1. The summed E-state index contributed by atoms with van der Waals surface area (Å²) < 4.78 is 11.0.